The monoisotopic (exact) mass is 483 g/mol. The van der Waals surface area contributed by atoms with Crippen molar-refractivity contribution in [2.75, 3.05) is 24.7 Å². The molecule has 0 amide bonds. The standard InChI is InChI=1S/C24H29N5O4S/c1-3-33-24(30)18-5-4-13-27(15-18)29(19-8-9-19)23-21-12-14-28(22(21)25-16-26-23)34(31,32)20-10-6-17(2)7-11-20/h6-7,10-12,14,16,18-19H,3-5,8-9,13,15H2,1-2H3. The molecule has 3 heterocycles. The average molecular weight is 484 g/mol. The fourth-order valence-corrected chi connectivity index (χ4v) is 5.88. The van der Waals surface area contributed by atoms with Crippen molar-refractivity contribution in [3.63, 3.8) is 0 Å². The van der Waals surface area contributed by atoms with Crippen LogP contribution in [0.5, 0.6) is 0 Å². The number of benzene rings is 1. The number of esters is 1. The van der Waals surface area contributed by atoms with Gasteiger partial charge in [0.25, 0.3) is 10.0 Å². The minimum Gasteiger partial charge on any atom is -0.466 e. The van der Waals surface area contributed by atoms with Gasteiger partial charge in [-0.3, -0.25) is 9.80 Å². The Morgan fingerprint density at radius 1 is 1.15 bits per heavy atom. The number of rotatable bonds is 7. The zero-order valence-electron chi connectivity index (χ0n) is 19.4. The van der Waals surface area contributed by atoms with Crippen LogP contribution in [0.4, 0.5) is 5.82 Å². The summed E-state index contributed by atoms with van der Waals surface area (Å²) in [5, 5.41) is 5.00. The molecule has 1 unspecified atom stereocenters. The molecule has 2 aliphatic rings. The summed E-state index contributed by atoms with van der Waals surface area (Å²) in [6.07, 6.45) is 6.69. The normalized spacial score (nSPS) is 19.3. The Morgan fingerprint density at radius 3 is 2.62 bits per heavy atom. The van der Waals surface area contributed by atoms with Crippen molar-refractivity contribution >= 4 is 32.8 Å². The van der Waals surface area contributed by atoms with E-state index < -0.39 is 10.0 Å². The Kier molecular flexibility index (Phi) is 6.03. The topological polar surface area (TPSA) is 97.6 Å². The van der Waals surface area contributed by atoms with Gasteiger partial charge in [-0.2, -0.15) is 0 Å². The fourth-order valence-electron chi connectivity index (χ4n) is 4.58. The van der Waals surface area contributed by atoms with Crippen LogP contribution < -0.4 is 5.01 Å². The van der Waals surface area contributed by atoms with Crippen molar-refractivity contribution in [1.29, 1.82) is 0 Å². The van der Waals surface area contributed by atoms with E-state index in [2.05, 4.69) is 20.0 Å². The second kappa shape index (κ2) is 8.99. The van der Waals surface area contributed by atoms with E-state index in [1.54, 1.807) is 36.5 Å². The van der Waals surface area contributed by atoms with Gasteiger partial charge in [-0.05, 0) is 57.7 Å². The number of aromatic nitrogens is 3. The quantitative estimate of drug-likeness (QED) is 0.473. The van der Waals surface area contributed by atoms with Crippen molar-refractivity contribution in [3.8, 4) is 0 Å². The SMILES string of the molecule is CCOC(=O)C1CCCN(N(c2ncnc3c2ccn3S(=O)(=O)c2ccc(C)cc2)C2CC2)C1. The molecule has 0 radical (unpaired) electrons. The number of nitrogens with zero attached hydrogens (tertiary/aromatic N) is 5. The highest BCUT2D eigenvalue weighted by Gasteiger charge is 2.39. The van der Waals surface area contributed by atoms with Crippen molar-refractivity contribution in [3.05, 3.63) is 48.4 Å². The number of hydrazine groups is 1. The summed E-state index contributed by atoms with van der Waals surface area (Å²) < 4.78 is 33.2. The predicted octanol–water partition coefficient (Wildman–Crippen LogP) is 3.14. The molecule has 1 aliphatic carbocycles. The summed E-state index contributed by atoms with van der Waals surface area (Å²) in [6, 6.07) is 8.82. The molecule has 5 rings (SSSR count). The van der Waals surface area contributed by atoms with Crippen LogP contribution in [0.3, 0.4) is 0 Å². The Balaban J connectivity index is 1.51. The van der Waals surface area contributed by atoms with Gasteiger partial charge in [0.1, 0.15) is 6.33 Å². The van der Waals surface area contributed by atoms with Crippen LogP contribution >= 0.6 is 0 Å². The largest absolute Gasteiger partial charge is 0.466 e. The molecule has 0 spiro atoms. The number of ether oxygens (including phenoxy) is 1. The second-order valence-electron chi connectivity index (χ2n) is 8.94. The van der Waals surface area contributed by atoms with Gasteiger partial charge in [0, 0.05) is 25.3 Å². The zero-order valence-corrected chi connectivity index (χ0v) is 20.2. The molecular formula is C24H29N5O4S. The lowest BCUT2D eigenvalue weighted by Crippen LogP contribution is -2.51. The van der Waals surface area contributed by atoms with Crippen LogP contribution in [-0.4, -0.2) is 59.1 Å². The Morgan fingerprint density at radius 2 is 1.91 bits per heavy atom. The molecule has 10 heteroatoms. The van der Waals surface area contributed by atoms with E-state index >= 15 is 0 Å². The van der Waals surface area contributed by atoms with E-state index in [1.165, 1.54) is 10.3 Å². The number of carbonyl (C=O) groups excluding carboxylic acids is 1. The van der Waals surface area contributed by atoms with Gasteiger partial charge < -0.3 is 4.74 Å². The minimum absolute atomic E-state index is 0.161. The molecule has 1 atom stereocenters. The Hall–Kier alpha value is -2.98. The first-order valence-corrected chi connectivity index (χ1v) is 13.2. The van der Waals surface area contributed by atoms with Gasteiger partial charge in [0.15, 0.2) is 11.5 Å². The number of hydrogen-bond donors (Lipinski definition) is 0. The first-order valence-electron chi connectivity index (χ1n) is 11.7. The van der Waals surface area contributed by atoms with E-state index in [0.29, 0.717) is 30.0 Å². The van der Waals surface area contributed by atoms with Crippen molar-refractivity contribution in [2.45, 2.75) is 50.5 Å². The van der Waals surface area contributed by atoms with E-state index in [1.807, 2.05) is 13.8 Å². The van der Waals surface area contributed by atoms with Crippen LogP contribution in [0.2, 0.25) is 0 Å². The van der Waals surface area contributed by atoms with Crippen LogP contribution in [-0.2, 0) is 19.6 Å². The first kappa shape index (κ1) is 22.8. The summed E-state index contributed by atoms with van der Waals surface area (Å²) in [6.45, 7) is 5.48. The van der Waals surface area contributed by atoms with Crippen LogP contribution in [0, 0.1) is 12.8 Å². The van der Waals surface area contributed by atoms with Crippen LogP contribution in [0.25, 0.3) is 11.0 Å². The molecular weight excluding hydrogens is 454 g/mol. The van der Waals surface area contributed by atoms with E-state index in [9.17, 15) is 13.2 Å². The maximum absolute atomic E-state index is 13.4. The van der Waals surface area contributed by atoms with Crippen molar-refractivity contribution < 1.29 is 17.9 Å². The number of hydrogen-bond acceptors (Lipinski definition) is 8. The lowest BCUT2D eigenvalue weighted by molar-refractivity contribution is -0.150. The number of piperidine rings is 1. The Labute approximate surface area is 199 Å². The number of carbonyl (C=O) groups is 1. The maximum atomic E-state index is 13.4. The molecule has 1 saturated heterocycles. The maximum Gasteiger partial charge on any atom is 0.310 e. The highest BCUT2D eigenvalue weighted by atomic mass is 32.2. The van der Waals surface area contributed by atoms with Gasteiger partial charge in [0.05, 0.1) is 22.8 Å². The molecule has 34 heavy (non-hydrogen) atoms. The molecule has 1 saturated carbocycles. The summed E-state index contributed by atoms with van der Waals surface area (Å²) in [4.78, 5) is 21.5. The van der Waals surface area contributed by atoms with E-state index in [4.69, 9.17) is 4.74 Å². The number of aryl methyl sites for hydroxylation is 1. The fraction of sp³-hybridized carbons (Fsp3) is 0.458. The van der Waals surface area contributed by atoms with E-state index in [0.717, 1.165) is 37.8 Å². The van der Waals surface area contributed by atoms with Gasteiger partial charge in [-0.25, -0.2) is 27.4 Å². The molecule has 2 aromatic heterocycles. The molecule has 2 fully saturated rings. The van der Waals surface area contributed by atoms with Gasteiger partial charge in [0.2, 0.25) is 0 Å². The summed E-state index contributed by atoms with van der Waals surface area (Å²) >= 11 is 0. The summed E-state index contributed by atoms with van der Waals surface area (Å²) in [5.41, 5.74) is 1.33. The number of fused-ring (bicyclic) bond motifs is 1. The third kappa shape index (κ3) is 4.16. The zero-order chi connectivity index (χ0) is 23.9. The Bertz CT molecular complexity index is 1300. The predicted molar refractivity (Wildman–Crippen MR) is 128 cm³/mol. The summed E-state index contributed by atoms with van der Waals surface area (Å²) in [5.74, 6) is 0.333. The first-order chi connectivity index (χ1) is 16.4. The minimum atomic E-state index is -3.80. The highest BCUT2D eigenvalue weighted by molar-refractivity contribution is 7.90. The second-order valence-corrected chi connectivity index (χ2v) is 10.8. The highest BCUT2D eigenvalue weighted by Crippen LogP contribution is 2.37. The third-order valence-corrected chi connectivity index (χ3v) is 8.12. The van der Waals surface area contributed by atoms with Gasteiger partial charge >= 0.3 is 5.97 Å². The smallest absolute Gasteiger partial charge is 0.310 e. The van der Waals surface area contributed by atoms with Crippen molar-refractivity contribution in [2.24, 2.45) is 5.92 Å². The van der Waals surface area contributed by atoms with Crippen LogP contribution in [0.1, 0.15) is 38.2 Å². The molecule has 9 nitrogen and oxygen atoms in total. The summed E-state index contributed by atoms with van der Waals surface area (Å²) in [7, 11) is -3.80. The van der Waals surface area contributed by atoms with Gasteiger partial charge in [-0.1, -0.05) is 17.7 Å². The number of anilines is 1. The molecule has 0 N–H and O–H groups in total. The molecule has 180 valence electrons. The van der Waals surface area contributed by atoms with Gasteiger partial charge in [-0.15, -0.1) is 0 Å². The molecule has 1 aromatic carbocycles. The van der Waals surface area contributed by atoms with E-state index in [-0.39, 0.29) is 22.8 Å². The molecule has 1 aliphatic heterocycles. The molecule has 0 bridgehead atoms. The molecule has 3 aromatic rings. The van der Waals surface area contributed by atoms with Crippen LogP contribution in [0.15, 0.2) is 47.8 Å². The lowest BCUT2D eigenvalue weighted by Gasteiger charge is -2.40. The average Bonchev–Trinajstić information content (AvgIpc) is 3.56. The van der Waals surface area contributed by atoms with Crippen molar-refractivity contribution in [1.82, 2.24) is 18.9 Å². The third-order valence-electron chi connectivity index (χ3n) is 6.44. The lowest BCUT2D eigenvalue weighted by atomic mass is 9.99.